The first-order chi connectivity index (χ1) is 7.17. The summed E-state index contributed by atoms with van der Waals surface area (Å²) in [5.74, 6) is 0.0991. The summed E-state index contributed by atoms with van der Waals surface area (Å²) in [5.41, 5.74) is 0.890. The third kappa shape index (κ3) is 3.61. The van der Waals surface area contributed by atoms with E-state index in [4.69, 9.17) is 16.3 Å². The lowest BCUT2D eigenvalue weighted by Gasteiger charge is -2.17. The van der Waals surface area contributed by atoms with Gasteiger partial charge in [0.15, 0.2) is 0 Å². The summed E-state index contributed by atoms with van der Waals surface area (Å²) in [5, 5.41) is 12.9. The van der Waals surface area contributed by atoms with Crippen molar-refractivity contribution in [3.8, 4) is 5.75 Å². The third-order valence-electron chi connectivity index (χ3n) is 2.18. The molecule has 0 saturated carbocycles. The zero-order valence-electron chi connectivity index (χ0n) is 8.96. The van der Waals surface area contributed by atoms with Gasteiger partial charge in [0.25, 0.3) is 0 Å². The Bertz CT molecular complexity index is 317. The summed E-state index contributed by atoms with van der Waals surface area (Å²) in [6.45, 7) is 2.73. The fourth-order valence-corrected chi connectivity index (χ4v) is 1.48. The number of ether oxygens (including phenoxy) is 1. The standard InChI is InChI=1S/C11H16ClNO2/c1-3-8(7-15-2)13-9-4-5-11(14)10(12)6-9/h4-6,8,13-14H,3,7H2,1-2H3. The fourth-order valence-electron chi connectivity index (χ4n) is 1.30. The summed E-state index contributed by atoms with van der Waals surface area (Å²) < 4.78 is 5.08. The van der Waals surface area contributed by atoms with E-state index >= 15 is 0 Å². The van der Waals surface area contributed by atoms with Gasteiger partial charge in [-0.3, -0.25) is 0 Å². The summed E-state index contributed by atoms with van der Waals surface area (Å²) in [7, 11) is 1.67. The molecule has 1 atom stereocenters. The first-order valence-corrected chi connectivity index (χ1v) is 5.29. The average molecular weight is 230 g/mol. The van der Waals surface area contributed by atoms with Crippen LogP contribution in [-0.2, 0) is 4.74 Å². The molecule has 0 saturated heterocycles. The number of hydrogen-bond donors (Lipinski definition) is 2. The minimum Gasteiger partial charge on any atom is -0.506 e. The van der Waals surface area contributed by atoms with Gasteiger partial charge in [-0.05, 0) is 24.6 Å². The van der Waals surface area contributed by atoms with Crippen LogP contribution in [0.5, 0.6) is 5.75 Å². The number of aromatic hydroxyl groups is 1. The van der Waals surface area contributed by atoms with Crippen LogP contribution in [0.1, 0.15) is 13.3 Å². The normalized spacial score (nSPS) is 12.5. The van der Waals surface area contributed by atoms with Gasteiger partial charge in [0.1, 0.15) is 5.75 Å². The quantitative estimate of drug-likeness (QED) is 0.763. The number of hydrogen-bond acceptors (Lipinski definition) is 3. The Labute approximate surface area is 95.0 Å². The molecular formula is C11H16ClNO2. The van der Waals surface area contributed by atoms with Crippen LogP contribution in [0.15, 0.2) is 18.2 Å². The first-order valence-electron chi connectivity index (χ1n) is 4.91. The van der Waals surface area contributed by atoms with Gasteiger partial charge in [-0.2, -0.15) is 0 Å². The SMILES string of the molecule is CCC(COC)Nc1ccc(O)c(Cl)c1. The largest absolute Gasteiger partial charge is 0.506 e. The maximum atomic E-state index is 9.25. The van der Waals surface area contributed by atoms with Crippen LogP contribution in [0, 0.1) is 0 Å². The number of phenols is 1. The minimum absolute atomic E-state index is 0.0991. The topological polar surface area (TPSA) is 41.5 Å². The zero-order valence-corrected chi connectivity index (χ0v) is 9.71. The van der Waals surface area contributed by atoms with E-state index in [1.165, 1.54) is 0 Å². The molecule has 0 fully saturated rings. The van der Waals surface area contributed by atoms with Gasteiger partial charge in [-0.25, -0.2) is 0 Å². The second-order valence-corrected chi connectivity index (χ2v) is 3.78. The van der Waals surface area contributed by atoms with Crippen molar-refractivity contribution in [3.05, 3.63) is 23.2 Å². The van der Waals surface area contributed by atoms with Crippen molar-refractivity contribution in [1.82, 2.24) is 0 Å². The van der Waals surface area contributed by atoms with Gasteiger partial charge in [0.2, 0.25) is 0 Å². The number of nitrogens with one attached hydrogen (secondary N) is 1. The predicted molar refractivity (Wildman–Crippen MR) is 62.7 cm³/mol. The zero-order chi connectivity index (χ0) is 11.3. The van der Waals surface area contributed by atoms with Crippen LogP contribution in [0.3, 0.4) is 0 Å². The van der Waals surface area contributed by atoms with Crippen molar-refractivity contribution < 1.29 is 9.84 Å². The van der Waals surface area contributed by atoms with E-state index in [2.05, 4.69) is 12.2 Å². The Morgan fingerprint density at radius 1 is 1.53 bits per heavy atom. The lowest BCUT2D eigenvalue weighted by molar-refractivity contribution is 0.184. The fraction of sp³-hybridized carbons (Fsp3) is 0.455. The molecule has 0 amide bonds. The molecule has 0 aliphatic heterocycles. The average Bonchev–Trinajstić information content (AvgIpc) is 2.23. The summed E-state index contributed by atoms with van der Waals surface area (Å²) in [4.78, 5) is 0. The Balaban J connectivity index is 2.66. The molecule has 15 heavy (non-hydrogen) atoms. The molecule has 0 aliphatic carbocycles. The van der Waals surface area contributed by atoms with Crippen LogP contribution in [0.25, 0.3) is 0 Å². The molecule has 0 heterocycles. The molecule has 1 rings (SSSR count). The number of methoxy groups -OCH3 is 1. The van der Waals surface area contributed by atoms with Crippen LogP contribution in [-0.4, -0.2) is 24.9 Å². The van der Waals surface area contributed by atoms with Gasteiger partial charge in [-0.15, -0.1) is 0 Å². The highest BCUT2D eigenvalue weighted by Gasteiger charge is 2.06. The van der Waals surface area contributed by atoms with E-state index in [1.54, 1.807) is 25.3 Å². The third-order valence-corrected chi connectivity index (χ3v) is 2.48. The van der Waals surface area contributed by atoms with Crippen LogP contribution < -0.4 is 5.32 Å². The molecular weight excluding hydrogens is 214 g/mol. The lowest BCUT2D eigenvalue weighted by Crippen LogP contribution is -2.23. The van der Waals surface area contributed by atoms with Crippen molar-refractivity contribution >= 4 is 17.3 Å². The maximum absolute atomic E-state index is 9.25. The van der Waals surface area contributed by atoms with Crippen molar-refractivity contribution in [2.45, 2.75) is 19.4 Å². The maximum Gasteiger partial charge on any atom is 0.134 e. The Kier molecular flexibility index (Phi) is 4.72. The molecule has 1 unspecified atom stereocenters. The Hall–Kier alpha value is -0.930. The van der Waals surface area contributed by atoms with E-state index in [0.717, 1.165) is 12.1 Å². The Morgan fingerprint density at radius 2 is 2.27 bits per heavy atom. The molecule has 0 radical (unpaired) electrons. The number of phenolic OH excluding ortho intramolecular Hbond substituents is 1. The van der Waals surface area contributed by atoms with Crippen LogP contribution >= 0.6 is 11.6 Å². The number of rotatable bonds is 5. The van der Waals surface area contributed by atoms with Gasteiger partial charge in [0.05, 0.1) is 11.6 Å². The summed E-state index contributed by atoms with van der Waals surface area (Å²) >= 11 is 5.80. The Morgan fingerprint density at radius 3 is 2.80 bits per heavy atom. The minimum atomic E-state index is 0.0991. The molecule has 84 valence electrons. The second kappa shape index (κ2) is 5.83. The van der Waals surface area contributed by atoms with Crippen molar-refractivity contribution in [1.29, 1.82) is 0 Å². The monoisotopic (exact) mass is 229 g/mol. The number of benzene rings is 1. The molecule has 0 bridgehead atoms. The summed E-state index contributed by atoms with van der Waals surface area (Å²) in [6, 6.07) is 5.33. The molecule has 0 aliphatic rings. The highest BCUT2D eigenvalue weighted by molar-refractivity contribution is 6.32. The molecule has 0 aromatic heterocycles. The second-order valence-electron chi connectivity index (χ2n) is 3.37. The molecule has 1 aromatic rings. The van der Waals surface area contributed by atoms with Gasteiger partial charge >= 0.3 is 0 Å². The van der Waals surface area contributed by atoms with E-state index < -0.39 is 0 Å². The molecule has 4 heteroatoms. The van der Waals surface area contributed by atoms with Crippen molar-refractivity contribution in [3.63, 3.8) is 0 Å². The lowest BCUT2D eigenvalue weighted by atomic mass is 10.2. The molecule has 3 nitrogen and oxygen atoms in total. The van der Waals surface area contributed by atoms with E-state index in [1.807, 2.05) is 0 Å². The van der Waals surface area contributed by atoms with Crippen molar-refractivity contribution in [2.75, 3.05) is 19.0 Å². The van der Waals surface area contributed by atoms with Crippen molar-refractivity contribution in [2.24, 2.45) is 0 Å². The highest BCUT2D eigenvalue weighted by Crippen LogP contribution is 2.26. The molecule has 0 spiro atoms. The van der Waals surface area contributed by atoms with E-state index in [9.17, 15) is 5.11 Å². The van der Waals surface area contributed by atoms with Crippen LogP contribution in [0.2, 0.25) is 5.02 Å². The van der Waals surface area contributed by atoms with Gasteiger partial charge in [-0.1, -0.05) is 18.5 Å². The number of halogens is 1. The summed E-state index contributed by atoms with van der Waals surface area (Å²) in [6.07, 6.45) is 0.965. The number of anilines is 1. The highest BCUT2D eigenvalue weighted by atomic mass is 35.5. The van der Waals surface area contributed by atoms with Gasteiger partial charge in [0, 0.05) is 18.8 Å². The molecule has 2 N–H and O–H groups in total. The van der Waals surface area contributed by atoms with E-state index in [-0.39, 0.29) is 11.8 Å². The molecule has 1 aromatic carbocycles. The first kappa shape index (κ1) is 12.1. The predicted octanol–water partition coefficient (Wildman–Crippen LogP) is 2.88. The smallest absolute Gasteiger partial charge is 0.134 e. The van der Waals surface area contributed by atoms with Crippen LogP contribution in [0.4, 0.5) is 5.69 Å². The van der Waals surface area contributed by atoms with E-state index in [0.29, 0.717) is 11.6 Å². The van der Waals surface area contributed by atoms with Gasteiger partial charge < -0.3 is 15.2 Å².